The molecule has 0 atom stereocenters. The first-order chi connectivity index (χ1) is 12.3. The van der Waals surface area contributed by atoms with Crippen LogP contribution in [0.5, 0.6) is 5.75 Å². The number of nitrogens with zero attached hydrogens (tertiary/aromatic N) is 2. The number of ether oxygens (including phenoxy) is 1. The summed E-state index contributed by atoms with van der Waals surface area (Å²) in [5, 5.41) is 6.00. The van der Waals surface area contributed by atoms with Gasteiger partial charge in [0.25, 0.3) is 0 Å². The van der Waals surface area contributed by atoms with Gasteiger partial charge in [-0.25, -0.2) is 14.4 Å². The van der Waals surface area contributed by atoms with Gasteiger partial charge in [-0.05, 0) is 29.8 Å². The Morgan fingerprint density at radius 2 is 1.84 bits per heavy atom. The summed E-state index contributed by atoms with van der Waals surface area (Å²) in [7, 11) is 1.64. The first kappa shape index (κ1) is 15.5. The molecule has 25 heavy (non-hydrogen) atoms. The maximum atomic E-state index is 14.0. The predicted octanol–water partition coefficient (Wildman–Crippen LogP) is 5.25. The van der Waals surface area contributed by atoms with E-state index in [2.05, 4.69) is 15.3 Å². The van der Waals surface area contributed by atoms with Crippen molar-refractivity contribution in [3.05, 3.63) is 66.1 Å². The van der Waals surface area contributed by atoms with Gasteiger partial charge in [-0.1, -0.05) is 24.3 Å². The van der Waals surface area contributed by atoms with Gasteiger partial charge in [0.05, 0.1) is 18.2 Å². The number of anilines is 2. The molecule has 2 aromatic carbocycles. The second kappa shape index (κ2) is 6.49. The van der Waals surface area contributed by atoms with Crippen molar-refractivity contribution in [1.29, 1.82) is 0 Å². The number of methoxy groups -OCH3 is 1. The molecule has 0 unspecified atom stereocenters. The predicted molar refractivity (Wildman–Crippen MR) is 99.1 cm³/mol. The van der Waals surface area contributed by atoms with Crippen molar-refractivity contribution < 1.29 is 9.13 Å². The van der Waals surface area contributed by atoms with Crippen LogP contribution in [-0.4, -0.2) is 17.1 Å². The minimum atomic E-state index is -0.324. The molecule has 0 saturated carbocycles. The zero-order valence-corrected chi connectivity index (χ0v) is 14.2. The van der Waals surface area contributed by atoms with Crippen molar-refractivity contribution in [2.24, 2.45) is 0 Å². The van der Waals surface area contributed by atoms with E-state index in [0.29, 0.717) is 11.5 Å². The summed E-state index contributed by atoms with van der Waals surface area (Å²) in [5.74, 6) is 1.06. The van der Waals surface area contributed by atoms with Crippen LogP contribution < -0.4 is 10.1 Å². The average Bonchev–Trinajstić information content (AvgIpc) is 3.09. The second-order valence-electron chi connectivity index (χ2n) is 5.39. The lowest BCUT2D eigenvalue weighted by atomic mass is 10.1. The lowest BCUT2D eigenvalue weighted by Crippen LogP contribution is -1.97. The third-order valence-electron chi connectivity index (χ3n) is 3.90. The highest BCUT2D eigenvalue weighted by molar-refractivity contribution is 7.17. The van der Waals surface area contributed by atoms with Crippen molar-refractivity contribution in [2.45, 2.75) is 0 Å². The summed E-state index contributed by atoms with van der Waals surface area (Å²) < 4.78 is 19.2. The minimum absolute atomic E-state index is 0.324. The number of fused-ring (bicyclic) bond motifs is 1. The summed E-state index contributed by atoms with van der Waals surface area (Å²) >= 11 is 1.53. The largest absolute Gasteiger partial charge is 0.497 e. The molecule has 6 heteroatoms. The van der Waals surface area contributed by atoms with Crippen LogP contribution in [0.3, 0.4) is 0 Å². The molecule has 0 spiro atoms. The number of para-hydroxylation sites is 1. The SMILES string of the molecule is COc1ccc(-c2csc3ncnc(Nc4ccccc4F)c23)cc1. The summed E-state index contributed by atoms with van der Waals surface area (Å²) in [6, 6.07) is 14.3. The summed E-state index contributed by atoms with van der Waals surface area (Å²) in [6.07, 6.45) is 1.49. The zero-order valence-electron chi connectivity index (χ0n) is 13.4. The molecule has 0 bridgehead atoms. The normalized spacial score (nSPS) is 10.8. The maximum Gasteiger partial charge on any atom is 0.146 e. The number of hydrogen-bond acceptors (Lipinski definition) is 5. The van der Waals surface area contributed by atoms with Crippen LogP contribution in [0.25, 0.3) is 21.3 Å². The van der Waals surface area contributed by atoms with Gasteiger partial charge in [0, 0.05) is 10.9 Å². The number of nitrogens with one attached hydrogen (secondary N) is 1. The number of aromatic nitrogens is 2. The third kappa shape index (κ3) is 2.92. The summed E-state index contributed by atoms with van der Waals surface area (Å²) in [5.41, 5.74) is 2.41. The quantitative estimate of drug-likeness (QED) is 0.545. The smallest absolute Gasteiger partial charge is 0.146 e. The molecule has 4 aromatic rings. The van der Waals surface area contributed by atoms with Gasteiger partial charge < -0.3 is 10.1 Å². The highest BCUT2D eigenvalue weighted by atomic mass is 32.1. The van der Waals surface area contributed by atoms with Crippen LogP contribution in [0.1, 0.15) is 0 Å². The lowest BCUT2D eigenvalue weighted by Gasteiger charge is -2.09. The number of hydrogen-bond donors (Lipinski definition) is 1. The van der Waals surface area contributed by atoms with Crippen LogP contribution in [0.4, 0.5) is 15.9 Å². The number of thiophene rings is 1. The van der Waals surface area contributed by atoms with E-state index in [-0.39, 0.29) is 5.82 Å². The fourth-order valence-electron chi connectivity index (χ4n) is 2.64. The van der Waals surface area contributed by atoms with Crippen LogP contribution in [0.15, 0.2) is 60.2 Å². The van der Waals surface area contributed by atoms with E-state index in [1.54, 1.807) is 25.3 Å². The Morgan fingerprint density at radius 1 is 1.04 bits per heavy atom. The molecule has 2 heterocycles. The number of benzene rings is 2. The standard InChI is InChI=1S/C19H14FN3OS/c1-24-13-8-6-12(7-9-13)14-10-25-19-17(14)18(21-11-22-19)23-16-5-3-2-4-15(16)20/h2-11H,1H3,(H,21,22,23). The van der Waals surface area contributed by atoms with E-state index in [0.717, 1.165) is 27.1 Å². The van der Waals surface area contributed by atoms with Crippen LogP contribution in [0.2, 0.25) is 0 Å². The van der Waals surface area contributed by atoms with E-state index >= 15 is 0 Å². The molecule has 0 saturated heterocycles. The van der Waals surface area contributed by atoms with Gasteiger partial charge in [-0.3, -0.25) is 0 Å². The molecule has 0 fully saturated rings. The molecular weight excluding hydrogens is 337 g/mol. The fraction of sp³-hybridized carbons (Fsp3) is 0.0526. The van der Waals surface area contributed by atoms with Gasteiger partial charge >= 0.3 is 0 Å². The van der Waals surface area contributed by atoms with Crippen LogP contribution in [0, 0.1) is 5.82 Å². The fourth-order valence-corrected chi connectivity index (χ4v) is 3.56. The van der Waals surface area contributed by atoms with Gasteiger partial charge in [-0.2, -0.15) is 0 Å². The van der Waals surface area contributed by atoms with Gasteiger partial charge in [0.2, 0.25) is 0 Å². The Labute approximate surface area is 148 Å². The van der Waals surface area contributed by atoms with E-state index in [9.17, 15) is 4.39 Å². The molecule has 124 valence electrons. The average molecular weight is 351 g/mol. The third-order valence-corrected chi connectivity index (χ3v) is 4.78. The Balaban J connectivity index is 1.82. The van der Waals surface area contributed by atoms with Crippen molar-refractivity contribution >= 4 is 33.1 Å². The molecule has 0 aliphatic heterocycles. The van der Waals surface area contributed by atoms with Gasteiger partial charge in [0.15, 0.2) is 0 Å². The van der Waals surface area contributed by atoms with Crippen LogP contribution >= 0.6 is 11.3 Å². The van der Waals surface area contributed by atoms with E-state index in [1.165, 1.54) is 23.7 Å². The van der Waals surface area contributed by atoms with Crippen molar-refractivity contribution in [3.8, 4) is 16.9 Å². The molecule has 2 aromatic heterocycles. The van der Waals surface area contributed by atoms with Crippen LogP contribution in [-0.2, 0) is 0 Å². The minimum Gasteiger partial charge on any atom is -0.497 e. The molecule has 1 N–H and O–H groups in total. The summed E-state index contributed by atoms with van der Waals surface area (Å²) in [4.78, 5) is 9.51. The number of rotatable bonds is 4. The van der Waals surface area contributed by atoms with Crippen molar-refractivity contribution in [3.63, 3.8) is 0 Å². The Morgan fingerprint density at radius 3 is 2.60 bits per heavy atom. The lowest BCUT2D eigenvalue weighted by molar-refractivity contribution is 0.415. The molecule has 4 rings (SSSR count). The molecule has 0 radical (unpaired) electrons. The van der Waals surface area contributed by atoms with E-state index in [4.69, 9.17) is 4.74 Å². The van der Waals surface area contributed by atoms with E-state index < -0.39 is 0 Å². The first-order valence-electron chi connectivity index (χ1n) is 7.64. The monoisotopic (exact) mass is 351 g/mol. The number of halogens is 1. The highest BCUT2D eigenvalue weighted by Crippen LogP contribution is 2.38. The summed E-state index contributed by atoms with van der Waals surface area (Å²) in [6.45, 7) is 0. The van der Waals surface area contributed by atoms with Gasteiger partial charge in [0.1, 0.15) is 28.5 Å². The Hall–Kier alpha value is -2.99. The Bertz CT molecular complexity index is 1030. The molecule has 0 amide bonds. The zero-order chi connectivity index (χ0) is 17.2. The first-order valence-corrected chi connectivity index (χ1v) is 8.52. The molecule has 4 nitrogen and oxygen atoms in total. The highest BCUT2D eigenvalue weighted by Gasteiger charge is 2.14. The Kier molecular flexibility index (Phi) is 4.03. The maximum absolute atomic E-state index is 14.0. The van der Waals surface area contributed by atoms with Crippen molar-refractivity contribution in [2.75, 3.05) is 12.4 Å². The molecule has 0 aliphatic carbocycles. The van der Waals surface area contributed by atoms with Crippen molar-refractivity contribution in [1.82, 2.24) is 9.97 Å². The molecule has 0 aliphatic rings. The molecular formula is C19H14FN3OS. The van der Waals surface area contributed by atoms with E-state index in [1.807, 2.05) is 29.6 Å². The topological polar surface area (TPSA) is 47.0 Å². The van der Waals surface area contributed by atoms with Gasteiger partial charge in [-0.15, -0.1) is 11.3 Å². The second-order valence-corrected chi connectivity index (χ2v) is 6.24.